The van der Waals surface area contributed by atoms with Crippen molar-refractivity contribution in [3.8, 4) is 16.2 Å². The number of thioether (sulfide) groups is 1. The maximum atomic E-state index is 9.35. The summed E-state index contributed by atoms with van der Waals surface area (Å²) in [5, 5.41) is 0. The lowest BCUT2D eigenvalue weighted by Crippen LogP contribution is -2.12. The van der Waals surface area contributed by atoms with Gasteiger partial charge in [0.25, 0.3) is 0 Å². The Morgan fingerprint density at radius 3 is 2.33 bits per heavy atom. The highest BCUT2D eigenvalue weighted by atomic mass is 32.2. The van der Waals surface area contributed by atoms with Crippen molar-refractivity contribution in [1.29, 1.82) is 0 Å². The molecule has 30 heavy (non-hydrogen) atoms. The number of allylic oxidation sites excluding steroid dienone is 1. The molecule has 0 radical (unpaired) electrons. The fourth-order valence-corrected chi connectivity index (χ4v) is 4.73. The number of methoxy groups -OCH3 is 1. The standard InChI is InChI=1S/C22H29O5PS2/c1-4-22(28-23)29-17(2)20-9-10-21(30-20)18-5-7-19(8-6-18)27-16-15-26-14-13-25-12-11-24-3/h4-10,23,28H,2,11-16H2,1,3H3/b22-4-. The van der Waals surface area contributed by atoms with E-state index in [1.807, 2.05) is 25.1 Å². The van der Waals surface area contributed by atoms with Crippen molar-refractivity contribution < 1.29 is 23.8 Å². The maximum Gasteiger partial charge on any atom is 0.119 e. The van der Waals surface area contributed by atoms with Gasteiger partial charge in [0.15, 0.2) is 0 Å². The molecule has 1 unspecified atom stereocenters. The highest BCUT2D eigenvalue weighted by Crippen LogP contribution is 2.43. The second kappa shape index (κ2) is 14.8. The summed E-state index contributed by atoms with van der Waals surface area (Å²) in [7, 11) is 1.45. The Kier molecular flexibility index (Phi) is 12.3. The van der Waals surface area contributed by atoms with Crippen LogP contribution in [0, 0.1) is 0 Å². The van der Waals surface area contributed by atoms with Crippen LogP contribution in [0.4, 0.5) is 0 Å². The molecule has 0 aliphatic carbocycles. The summed E-state index contributed by atoms with van der Waals surface area (Å²) in [4.78, 5) is 12.6. The van der Waals surface area contributed by atoms with Crippen LogP contribution in [0.3, 0.4) is 0 Å². The van der Waals surface area contributed by atoms with Gasteiger partial charge in [0.2, 0.25) is 0 Å². The lowest BCUT2D eigenvalue weighted by Gasteiger charge is -2.08. The summed E-state index contributed by atoms with van der Waals surface area (Å²) in [5.41, 5.74) is 1.14. The molecule has 0 spiro atoms. The molecule has 1 heterocycles. The second-order valence-corrected chi connectivity index (χ2v) is 9.39. The minimum absolute atomic E-state index is 0.202. The molecule has 1 atom stereocenters. The number of ether oxygens (including phenoxy) is 4. The molecule has 0 saturated carbocycles. The molecule has 1 N–H and O–H groups in total. The van der Waals surface area contributed by atoms with Crippen LogP contribution in [0.15, 0.2) is 53.7 Å². The first-order valence-electron chi connectivity index (χ1n) is 9.59. The predicted octanol–water partition coefficient (Wildman–Crippen LogP) is 5.62. The smallest absolute Gasteiger partial charge is 0.119 e. The van der Waals surface area contributed by atoms with Crippen LogP contribution >= 0.6 is 31.9 Å². The molecule has 2 rings (SSSR count). The zero-order valence-electron chi connectivity index (χ0n) is 17.4. The van der Waals surface area contributed by atoms with E-state index in [-0.39, 0.29) is 8.81 Å². The molecule has 1 aromatic heterocycles. The number of thiophene rings is 1. The number of hydrogen-bond donors (Lipinski definition) is 1. The van der Waals surface area contributed by atoms with Crippen LogP contribution in [-0.2, 0) is 14.2 Å². The van der Waals surface area contributed by atoms with Gasteiger partial charge >= 0.3 is 0 Å². The zero-order chi connectivity index (χ0) is 21.6. The van der Waals surface area contributed by atoms with Crippen LogP contribution in [0.1, 0.15) is 11.8 Å². The first-order valence-corrected chi connectivity index (χ1v) is 12.2. The van der Waals surface area contributed by atoms with E-state index in [2.05, 4.69) is 30.8 Å². The molecule has 2 aromatic rings. The van der Waals surface area contributed by atoms with Crippen molar-refractivity contribution in [3.63, 3.8) is 0 Å². The van der Waals surface area contributed by atoms with Crippen LogP contribution in [0.2, 0.25) is 0 Å². The summed E-state index contributed by atoms with van der Waals surface area (Å²) in [6.45, 7) is 9.36. The lowest BCUT2D eigenvalue weighted by molar-refractivity contribution is 0.0180. The molecule has 0 bridgehead atoms. The van der Waals surface area contributed by atoms with E-state index < -0.39 is 0 Å². The fourth-order valence-electron chi connectivity index (χ4n) is 2.37. The van der Waals surface area contributed by atoms with Crippen molar-refractivity contribution in [2.24, 2.45) is 0 Å². The normalized spacial score (nSPS) is 12.0. The minimum atomic E-state index is -0.202. The van der Waals surface area contributed by atoms with Crippen molar-refractivity contribution in [2.75, 3.05) is 46.8 Å². The Hall–Kier alpha value is -1.18. The van der Waals surface area contributed by atoms with Crippen molar-refractivity contribution >= 4 is 36.8 Å². The zero-order valence-corrected chi connectivity index (χ0v) is 20.0. The van der Waals surface area contributed by atoms with Crippen molar-refractivity contribution in [1.82, 2.24) is 0 Å². The molecule has 5 nitrogen and oxygen atoms in total. The van der Waals surface area contributed by atoms with Gasteiger partial charge in [-0.1, -0.05) is 24.4 Å². The van der Waals surface area contributed by atoms with Gasteiger partial charge in [-0.3, -0.25) is 0 Å². The molecule has 0 aliphatic rings. The lowest BCUT2D eigenvalue weighted by atomic mass is 10.2. The topological polar surface area (TPSA) is 57.2 Å². The Labute approximate surface area is 189 Å². The SMILES string of the molecule is C=C(S/C(=C\C)PO)c1ccc(-c2ccc(OCCOCCOCCOC)cc2)s1. The highest BCUT2D eigenvalue weighted by molar-refractivity contribution is 8.16. The van der Waals surface area contributed by atoms with E-state index in [1.165, 1.54) is 16.6 Å². The van der Waals surface area contributed by atoms with E-state index in [1.54, 1.807) is 18.4 Å². The second-order valence-electron chi connectivity index (χ2n) is 6.04. The van der Waals surface area contributed by atoms with E-state index in [0.717, 1.165) is 25.7 Å². The third-order valence-electron chi connectivity index (χ3n) is 3.93. The quantitative estimate of drug-likeness (QED) is 0.270. The van der Waals surface area contributed by atoms with Gasteiger partial charge < -0.3 is 23.8 Å². The van der Waals surface area contributed by atoms with Gasteiger partial charge in [-0.25, -0.2) is 0 Å². The Morgan fingerprint density at radius 2 is 1.70 bits per heavy atom. The summed E-state index contributed by atoms with van der Waals surface area (Å²) in [5.74, 6) is 0.817. The molecule has 164 valence electrons. The molecule has 0 aliphatic heterocycles. The molecule has 1 aromatic carbocycles. The predicted molar refractivity (Wildman–Crippen MR) is 130 cm³/mol. The summed E-state index contributed by atoms with van der Waals surface area (Å²) in [6.07, 6.45) is 1.92. The monoisotopic (exact) mass is 468 g/mol. The molecule has 0 amide bonds. The molecular weight excluding hydrogens is 439 g/mol. The summed E-state index contributed by atoms with van der Waals surface area (Å²) in [6, 6.07) is 12.2. The summed E-state index contributed by atoms with van der Waals surface area (Å²) < 4.78 is 22.4. The van der Waals surface area contributed by atoms with E-state index in [9.17, 15) is 4.89 Å². The Morgan fingerprint density at radius 1 is 1.03 bits per heavy atom. The van der Waals surface area contributed by atoms with Gasteiger partial charge in [-0.2, -0.15) is 0 Å². The van der Waals surface area contributed by atoms with Crippen LogP contribution in [0.25, 0.3) is 15.3 Å². The fraction of sp³-hybridized carbons (Fsp3) is 0.364. The average Bonchev–Trinajstić information content (AvgIpc) is 3.27. The van der Waals surface area contributed by atoms with E-state index in [4.69, 9.17) is 18.9 Å². The minimum Gasteiger partial charge on any atom is -0.491 e. The van der Waals surface area contributed by atoms with Crippen molar-refractivity contribution in [3.05, 3.63) is 58.6 Å². The molecule has 8 heteroatoms. The van der Waals surface area contributed by atoms with Crippen LogP contribution in [0.5, 0.6) is 5.75 Å². The van der Waals surface area contributed by atoms with Gasteiger partial charge in [-0.15, -0.1) is 11.3 Å². The third kappa shape index (κ3) is 8.90. The largest absolute Gasteiger partial charge is 0.491 e. The molecular formula is C22H29O5PS2. The third-order valence-corrected chi connectivity index (χ3v) is 7.26. The first kappa shape index (κ1) is 25.1. The number of hydrogen-bond acceptors (Lipinski definition) is 7. The van der Waals surface area contributed by atoms with Crippen molar-refractivity contribution in [2.45, 2.75) is 6.92 Å². The van der Waals surface area contributed by atoms with Gasteiger partial charge in [0.1, 0.15) is 12.4 Å². The molecule has 0 saturated heterocycles. The average molecular weight is 469 g/mol. The van der Waals surface area contributed by atoms with Gasteiger partial charge in [-0.05, 0) is 48.9 Å². The maximum absolute atomic E-state index is 9.35. The Balaban J connectivity index is 1.74. The Bertz CT molecular complexity index is 789. The van der Waals surface area contributed by atoms with E-state index in [0.29, 0.717) is 39.6 Å². The summed E-state index contributed by atoms with van der Waals surface area (Å²) >= 11 is 3.21. The van der Waals surface area contributed by atoms with E-state index >= 15 is 0 Å². The highest BCUT2D eigenvalue weighted by Gasteiger charge is 2.08. The molecule has 0 fully saturated rings. The first-order chi connectivity index (χ1) is 14.7. The van der Waals surface area contributed by atoms with Gasteiger partial charge in [0.05, 0.1) is 33.0 Å². The number of benzene rings is 1. The van der Waals surface area contributed by atoms with Crippen LogP contribution in [-0.4, -0.2) is 51.6 Å². The van der Waals surface area contributed by atoms with Gasteiger partial charge in [0, 0.05) is 35.2 Å². The number of rotatable bonds is 15. The van der Waals surface area contributed by atoms with Crippen LogP contribution < -0.4 is 4.74 Å².